The van der Waals surface area contributed by atoms with Gasteiger partial charge in [-0.3, -0.25) is 0 Å². The molecule has 0 aromatic carbocycles. The van der Waals surface area contributed by atoms with Crippen LogP contribution in [0, 0.1) is 5.92 Å². The smallest absolute Gasteiger partial charge is 0.0104 e. The minimum Gasteiger partial charge on any atom is -0.318 e. The Kier molecular flexibility index (Phi) is 9.42. The van der Waals surface area contributed by atoms with Gasteiger partial charge in [0, 0.05) is 19.6 Å². The summed E-state index contributed by atoms with van der Waals surface area (Å²) < 4.78 is 0. The lowest BCUT2D eigenvalue weighted by atomic mass is 9.98. The molecule has 0 aromatic heterocycles. The molecule has 2 nitrogen and oxygen atoms in total. The average molecular weight is 200 g/mol. The third kappa shape index (κ3) is 7.34. The van der Waals surface area contributed by atoms with Crippen LogP contribution in [0.15, 0.2) is 0 Å². The molecule has 14 heavy (non-hydrogen) atoms. The summed E-state index contributed by atoms with van der Waals surface area (Å²) in [6.07, 6.45) is 5.42. The first kappa shape index (κ1) is 13.9. The largest absolute Gasteiger partial charge is 0.318 e. The van der Waals surface area contributed by atoms with Gasteiger partial charge in [-0.25, -0.2) is 0 Å². The molecule has 0 radical (unpaired) electrons. The predicted octanol–water partition coefficient (Wildman–Crippen LogP) is 2.35. The summed E-state index contributed by atoms with van der Waals surface area (Å²) in [5, 5.41) is 3.19. The van der Waals surface area contributed by atoms with E-state index in [1.54, 1.807) is 0 Å². The van der Waals surface area contributed by atoms with Crippen molar-refractivity contribution in [3.8, 4) is 0 Å². The van der Waals surface area contributed by atoms with Crippen LogP contribution in [0.5, 0.6) is 0 Å². The molecule has 0 spiro atoms. The summed E-state index contributed by atoms with van der Waals surface area (Å²) in [5.74, 6) is 0.909. The van der Waals surface area contributed by atoms with Gasteiger partial charge in [-0.1, -0.05) is 26.7 Å². The highest BCUT2D eigenvalue weighted by atomic mass is 15.1. The van der Waals surface area contributed by atoms with Crippen molar-refractivity contribution in [2.24, 2.45) is 5.92 Å². The summed E-state index contributed by atoms with van der Waals surface area (Å²) in [5.41, 5.74) is 0. The molecule has 0 aliphatic carbocycles. The first-order valence-corrected chi connectivity index (χ1v) is 6.07. The number of hydrogen-bond acceptors (Lipinski definition) is 2. The molecule has 1 N–H and O–H groups in total. The normalized spacial score (nSPS) is 11.6. The minimum atomic E-state index is 0.909. The molecule has 0 heterocycles. The van der Waals surface area contributed by atoms with Gasteiger partial charge in [0.1, 0.15) is 0 Å². The summed E-state index contributed by atoms with van der Waals surface area (Å²) >= 11 is 0. The third-order valence-corrected chi connectivity index (χ3v) is 2.71. The number of likely N-dealkylation sites (N-methyl/N-ethyl adjacent to an activating group) is 2. The topological polar surface area (TPSA) is 15.3 Å². The van der Waals surface area contributed by atoms with Crippen LogP contribution in [-0.4, -0.2) is 38.6 Å². The van der Waals surface area contributed by atoms with Gasteiger partial charge in [0.05, 0.1) is 0 Å². The number of hydrogen-bond donors (Lipinski definition) is 1. The molecule has 0 fully saturated rings. The quantitative estimate of drug-likeness (QED) is 0.614. The minimum absolute atomic E-state index is 0.909. The van der Waals surface area contributed by atoms with Gasteiger partial charge in [0.15, 0.2) is 0 Å². The highest BCUT2D eigenvalue weighted by Crippen LogP contribution is 2.14. The molecule has 0 bridgehead atoms. The van der Waals surface area contributed by atoms with Crippen molar-refractivity contribution in [1.82, 2.24) is 10.2 Å². The van der Waals surface area contributed by atoms with E-state index in [1.807, 2.05) is 7.05 Å². The van der Waals surface area contributed by atoms with Gasteiger partial charge in [-0.2, -0.15) is 0 Å². The van der Waals surface area contributed by atoms with E-state index in [1.165, 1.54) is 38.8 Å². The van der Waals surface area contributed by atoms with Crippen LogP contribution in [0.4, 0.5) is 0 Å². The lowest BCUT2D eigenvalue weighted by Gasteiger charge is -2.23. The Bertz CT molecular complexity index is 109. The maximum atomic E-state index is 3.19. The summed E-state index contributed by atoms with van der Waals surface area (Å²) in [4.78, 5) is 2.45. The van der Waals surface area contributed by atoms with E-state index in [2.05, 4.69) is 31.1 Å². The zero-order valence-corrected chi connectivity index (χ0v) is 10.5. The van der Waals surface area contributed by atoms with Crippen LogP contribution < -0.4 is 5.32 Å². The van der Waals surface area contributed by atoms with Crippen LogP contribution in [0.1, 0.15) is 39.5 Å². The van der Waals surface area contributed by atoms with Gasteiger partial charge < -0.3 is 10.2 Å². The Hall–Kier alpha value is -0.0800. The molecule has 0 unspecified atom stereocenters. The summed E-state index contributed by atoms with van der Waals surface area (Å²) in [6, 6.07) is 0. The lowest BCUT2D eigenvalue weighted by molar-refractivity contribution is 0.257. The van der Waals surface area contributed by atoms with Crippen LogP contribution in [0.25, 0.3) is 0 Å². The standard InChI is InChI=1S/C12H28N2/c1-5-7-12(8-6-2)11-14(4)10-9-13-3/h12-13H,5-11H2,1-4H3. The van der Waals surface area contributed by atoms with E-state index in [0.717, 1.165) is 12.5 Å². The first-order valence-electron chi connectivity index (χ1n) is 6.07. The van der Waals surface area contributed by atoms with Crippen molar-refractivity contribution in [3.63, 3.8) is 0 Å². The van der Waals surface area contributed by atoms with Gasteiger partial charge in [-0.05, 0) is 32.9 Å². The zero-order valence-electron chi connectivity index (χ0n) is 10.5. The molecule has 86 valence electrons. The molecule has 0 saturated carbocycles. The number of nitrogens with zero attached hydrogens (tertiary/aromatic N) is 1. The monoisotopic (exact) mass is 200 g/mol. The second-order valence-electron chi connectivity index (χ2n) is 4.31. The highest BCUT2D eigenvalue weighted by Gasteiger charge is 2.09. The Balaban J connectivity index is 3.64. The van der Waals surface area contributed by atoms with E-state index in [9.17, 15) is 0 Å². The van der Waals surface area contributed by atoms with Gasteiger partial charge in [0.25, 0.3) is 0 Å². The second kappa shape index (κ2) is 9.47. The fourth-order valence-corrected chi connectivity index (χ4v) is 1.98. The number of nitrogens with one attached hydrogen (secondary N) is 1. The Labute approximate surface area is 90.1 Å². The summed E-state index contributed by atoms with van der Waals surface area (Å²) in [6.45, 7) is 8.11. The maximum absolute atomic E-state index is 3.19. The van der Waals surface area contributed by atoms with Crippen LogP contribution >= 0.6 is 0 Å². The van der Waals surface area contributed by atoms with Gasteiger partial charge in [-0.15, -0.1) is 0 Å². The summed E-state index contributed by atoms with van der Waals surface area (Å²) in [7, 11) is 4.25. The van der Waals surface area contributed by atoms with Crippen molar-refractivity contribution >= 4 is 0 Å². The lowest BCUT2D eigenvalue weighted by Crippen LogP contribution is -2.31. The Morgan fingerprint density at radius 1 is 1.14 bits per heavy atom. The van der Waals surface area contributed by atoms with Crippen molar-refractivity contribution < 1.29 is 0 Å². The molecule has 0 rings (SSSR count). The Morgan fingerprint density at radius 2 is 1.71 bits per heavy atom. The molecule has 0 atom stereocenters. The molecule has 0 saturated heterocycles. The van der Waals surface area contributed by atoms with Crippen LogP contribution in [0.3, 0.4) is 0 Å². The van der Waals surface area contributed by atoms with Gasteiger partial charge >= 0.3 is 0 Å². The zero-order chi connectivity index (χ0) is 10.8. The molecule has 0 aliphatic heterocycles. The Morgan fingerprint density at radius 3 is 2.14 bits per heavy atom. The van der Waals surface area contributed by atoms with Crippen molar-refractivity contribution in [3.05, 3.63) is 0 Å². The van der Waals surface area contributed by atoms with E-state index in [0.29, 0.717) is 0 Å². The van der Waals surface area contributed by atoms with E-state index in [4.69, 9.17) is 0 Å². The molecule has 0 aliphatic rings. The van der Waals surface area contributed by atoms with Crippen molar-refractivity contribution in [2.45, 2.75) is 39.5 Å². The SMILES string of the molecule is CCCC(CCC)CN(C)CCNC. The fraction of sp³-hybridized carbons (Fsp3) is 1.00. The van der Waals surface area contributed by atoms with Crippen molar-refractivity contribution in [2.75, 3.05) is 33.7 Å². The molecular formula is C12H28N2. The molecule has 0 amide bonds. The van der Waals surface area contributed by atoms with Crippen LogP contribution in [-0.2, 0) is 0 Å². The third-order valence-electron chi connectivity index (χ3n) is 2.71. The molecule has 0 aromatic rings. The molecular weight excluding hydrogens is 172 g/mol. The van der Waals surface area contributed by atoms with Crippen molar-refractivity contribution in [1.29, 1.82) is 0 Å². The van der Waals surface area contributed by atoms with E-state index < -0.39 is 0 Å². The van der Waals surface area contributed by atoms with E-state index >= 15 is 0 Å². The van der Waals surface area contributed by atoms with E-state index in [-0.39, 0.29) is 0 Å². The first-order chi connectivity index (χ1) is 6.74. The highest BCUT2D eigenvalue weighted by molar-refractivity contribution is 4.63. The predicted molar refractivity (Wildman–Crippen MR) is 64.7 cm³/mol. The van der Waals surface area contributed by atoms with Crippen LogP contribution in [0.2, 0.25) is 0 Å². The average Bonchev–Trinajstić information content (AvgIpc) is 2.15. The number of rotatable bonds is 9. The maximum Gasteiger partial charge on any atom is 0.0104 e. The van der Waals surface area contributed by atoms with Gasteiger partial charge in [0.2, 0.25) is 0 Å². The fourth-order valence-electron chi connectivity index (χ4n) is 1.98. The second-order valence-corrected chi connectivity index (χ2v) is 4.31. The molecule has 2 heteroatoms.